The Morgan fingerprint density at radius 2 is 1.62 bits per heavy atom. The van der Waals surface area contributed by atoms with Crippen LogP contribution >= 0.6 is 0 Å². The van der Waals surface area contributed by atoms with E-state index in [-0.39, 0.29) is 23.7 Å². The second-order valence-electron chi connectivity index (χ2n) is 7.70. The Labute approximate surface area is 194 Å². The Kier molecular flexibility index (Phi) is 6.36. The number of aromatic carboxylic acids is 1. The molecular formula is C27H20F3NO3. The van der Waals surface area contributed by atoms with Gasteiger partial charge in [0, 0.05) is 11.1 Å². The summed E-state index contributed by atoms with van der Waals surface area (Å²) in [5, 5.41) is 9.45. The number of hydrogen-bond acceptors (Lipinski definition) is 3. The number of benzene rings is 3. The number of aryl methyl sites for hydroxylation is 1. The fourth-order valence-electron chi connectivity index (χ4n) is 3.65. The van der Waals surface area contributed by atoms with E-state index in [4.69, 9.17) is 4.74 Å². The molecule has 3 aromatic carbocycles. The molecule has 4 nitrogen and oxygen atoms in total. The largest absolute Gasteiger partial charge is 0.488 e. The van der Waals surface area contributed by atoms with Crippen molar-refractivity contribution in [1.82, 2.24) is 4.98 Å². The van der Waals surface area contributed by atoms with Crippen molar-refractivity contribution in [3.8, 4) is 28.1 Å². The van der Waals surface area contributed by atoms with Crippen LogP contribution in [0.2, 0.25) is 0 Å². The standard InChI is InChI=1S/C27H20F3NO3/c1-17-7-5-6-10-20(17)21-12-14-23(26(32)33)31-25(21)19-11-13-22(27(28,29)30)24(15-19)34-16-18-8-3-2-4-9-18/h2-15H,16H2,1H3,(H,32,33). The van der Waals surface area contributed by atoms with Gasteiger partial charge < -0.3 is 9.84 Å². The summed E-state index contributed by atoms with van der Waals surface area (Å²) in [5.41, 5.74) is 2.49. The van der Waals surface area contributed by atoms with Crippen molar-refractivity contribution in [2.45, 2.75) is 19.7 Å². The number of carbonyl (C=O) groups is 1. The maximum Gasteiger partial charge on any atom is 0.419 e. The summed E-state index contributed by atoms with van der Waals surface area (Å²) in [5.74, 6) is -1.59. The van der Waals surface area contributed by atoms with E-state index in [1.165, 1.54) is 18.2 Å². The van der Waals surface area contributed by atoms with Gasteiger partial charge in [0.2, 0.25) is 0 Å². The van der Waals surface area contributed by atoms with Gasteiger partial charge in [-0.25, -0.2) is 9.78 Å². The lowest BCUT2D eigenvalue weighted by atomic mass is 9.95. The van der Waals surface area contributed by atoms with Crippen LogP contribution in [-0.4, -0.2) is 16.1 Å². The van der Waals surface area contributed by atoms with Gasteiger partial charge in [0.1, 0.15) is 18.1 Å². The zero-order valence-electron chi connectivity index (χ0n) is 18.1. The molecule has 0 atom stereocenters. The molecule has 0 saturated heterocycles. The number of aromatic nitrogens is 1. The summed E-state index contributed by atoms with van der Waals surface area (Å²) in [6, 6.07) is 22.8. The molecule has 0 bridgehead atoms. The SMILES string of the molecule is Cc1ccccc1-c1ccc(C(=O)O)nc1-c1ccc(C(F)(F)F)c(OCc2ccccc2)c1. The number of carboxylic acids is 1. The minimum atomic E-state index is -4.63. The van der Waals surface area contributed by atoms with Crippen molar-refractivity contribution >= 4 is 5.97 Å². The van der Waals surface area contributed by atoms with Crippen LogP contribution in [0.4, 0.5) is 13.2 Å². The van der Waals surface area contributed by atoms with E-state index in [1.54, 1.807) is 36.4 Å². The number of halogens is 3. The quantitative estimate of drug-likeness (QED) is 0.334. The molecule has 34 heavy (non-hydrogen) atoms. The maximum atomic E-state index is 13.7. The van der Waals surface area contributed by atoms with Gasteiger partial charge in [-0.1, -0.05) is 60.7 Å². The third-order valence-corrected chi connectivity index (χ3v) is 5.35. The van der Waals surface area contributed by atoms with E-state index >= 15 is 0 Å². The molecule has 0 unspecified atom stereocenters. The average molecular weight is 463 g/mol. The van der Waals surface area contributed by atoms with Crippen LogP contribution < -0.4 is 4.74 Å². The predicted molar refractivity (Wildman–Crippen MR) is 123 cm³/mol. The van der Waals surface area contributed by atoms with Gasteiger partial charge in [-0.15, -0.1) is 0 Å². The lowest BCUT2D eigenvalue weighted by molar-refractivity contribution is -0.139. The highest BCUT2D eigenvalue weighted by Crippen LogP contribution is 2.40. The van der Waals surface area contributed by atoms with Crippen LogP contribution in [0.15, 0.2) is 84.9 Å². The number of rotatable bonds is 6. The summed E-state index contributed by atoms with van der Waals surface area (Å²) in [7, 11) is 0. The number of pyridine rings is 1. The molecule has 1 heterocycles. The third kappa shape index (κ3) is 4.93. The predicted octanol–water partition coefficient (Wildman–Crippen LogP) is 7.02. The summed E-state index contributed by atoms with van der Waals surface area (Å²) in [4.78, 5) is 15.9. The van der Waals surface area contributed by atoms with Crippen LogP contribution in [-0.2, 0) is 12.8 Å². The minimum absolute atomic E-state index is 0.0549. The number of ether oxygens (including phenoxy) is 1. The Bertz CT molecular complexity index is 1330. The molecule has 0 fully saturated rings. The van der Waals surface area contributed by atoms with Gasteiger partial charge in [-0.2, -0.15) is 13.2 Å². The van der Waals surface area contributed by atoms with Crippen LogP contribution in [0.25, 0.3) is 22.4 Å². The van der Waals surface area contributed by atoms with Gasteiger partial charge in [0.25, 0.3) is 0 Å². The first kappa shape index (κ1) is 23.0. The van der Waals surface area contributed by atoms with E-state index < -0.39 is 17.7 Å². The van der Waals surface area contributed by atoms with E-state index in [2.05, 4.69) is 4.98 Å². The molecule has 7 heteroatoms. The van der Waals surface area contributed by atoms with Crippen LogP contribution in [0.1, 0.15) is 27.2 Å². The zero-order chi connectivity index (χ0) is 24.3. The highest BCUT2D eigenvalue weighted by Gasteiger charge is 2.35. The summed E-state index contributed by atoms with van der Waals surface area (Å²) >= 11 is 0. The molecule has 1 N–H and O–H groups in total. The molecule has 172 valence electrons. The fraction of sp³-hybridized carbons (Fsp3) is 0.111. The Hall–Kier alpha value is -4.13. The molecule has 0 saturated carbocycles. The summed E-state index contributed by atoms with van der Waals surface area (Å²) in [6.45, 7) is 1.84. The third-order valence-electron chi connectivity index (χ3n) is 5.35. The van der Waals surface area contributed by atoms with Crippen LogP contribution in [0.5, 0.6) is 5.75 Å². The number of carboxylic acid groups (broad SMARTS) is 1. The van der Waals surface area contributed by atoms with Crippen molar-refractivity contribution in [3.63, 3.8) is 0 Å². The van der Waals surface area contributed by atoms with Gasteiger partial charge in [-0.05, 0) is 47.9 Å². The van der Waals surface area contributed by atoms with Crippen LogP contribution in [0.3, 0.4) is 0 Å². The summed E-state index contributed by atoms with van der Waals surface area (Å²) in [6.07, 6.45) is -4.63. The first-order chi connectivity index (χ1) is 16.2. The van der Waals surface area contributed by atoms with Gasteiger partial charge in [-0.3, -0.25) is 0 Å². The van der Waals surface area contributed by atoms with E-state index in [0.717, 1.165) is 17.2 Å². The Balaban J connectivity index is 1.85. The molecule has 4 rings (SSSR count). The van der Waals surface area contributed by atoms with Gasteiger partial charge in [0.15, 0.2) is 0 Å². The lowest BCUT2D eigenvalue weighted by Crippen LogP contribution is -2.09. The van der Waals surface area contributed by atoms with Crippen molar-refractivity contribution in [3.05, 3.63) is 107 Å². The van der Waals surface area contributed by atoms with E-state index in [1.807, 2.05) is 31.2 Å². The second-order valence-corrected chi connectivity index (χ2v) is 7.70. The smallest absolute Gasteiger partial charge is 0.419 e. The zero-order valence-corrected chi connectivity index (χ0v) is 18.1. The fourth-order valence-corrected chi connectivity index (χ4v) is 3.65. The van der Waals surface area contributed by atoms with Crippen molar-refractivity contribution < 1.29 is 27.8 Å². The number of hydrogen-bond donors (Lipinski definition) is 1. The Morgan fingerprint density at radius 3 is 2.29 bits per heavy atom. The first-order valence-electron chi connectivity index (χ1n) is 10.4. The monoisotopic (exact) mass is 463 g/mol. The molecule has 0 aliphatic rings. The molecule has 0 amide bonds. The molecule has 0 spiro atoms. The highest BCUT2D eigenvalue weighted by molar-refractivity contribution is 5.90. The van der Waals surface area contributed by atoms with Crippen molar-refractivity contribution in [2.24, 2.45) is 0 Å². The van der Waals surface area contributed by atoms with E-state index in [9.17, 15) is 23.1 Å². The van der Waals surface area contributed by atoms with Gasteiger partial charge in [0.05, 0.1) is 11.3 Å². The topological polar surface area (TPSA) is 59.4 Å². The lowest BCUT2D eigenvalue weighted by Gasteiger charge is -2.17. The second kappa shape index (κ2) is 9.39. The summed E-state index contributed by atoms with van der Waals surface area (Å²) < 4.78 is 46.7. The molecule has 4 aromatic rings. The molecule has 1 aromatic heterocycles. The number of alkyl halides is 3. The van der Waals surface area contributed by atoms with Crippen molar-refractivity contribution in [1.29, 1.82) is 0 Å². The normalized spacial score (nSPS) is 11.3. The van der Waals surface area contributed by atoms with Crippen molar-refractivity contribution in [2.75, 3.05) is 0 Å². The van der Waals surface area contributed by atoms with E-state index in [0.29, 0.717) is 16.7 Å². The van der Waals surface area contributed by atoms with Crippen LogP contribution in [0, 0.1) is 6.92 Å². The first-order valence-corrected chi connectivity index (χ1v) is 10.4. The highest BCUT2D eigenvalue weighted by atomic mass is 19.4. The maximum absolute atomic E-state index is 13.7. The number of nitrogens with zero attached hydrogens (tertiary/aromatic N) is 1. The molecule has 0 aliphatic heterocycles. The molecule has 0 aliphatic carbocycles. The van der Waals surface area contributed by atoms with Gasteiger partial charge >= 0.3 is 12.1 Å². The molecule has 0 radical (unpaired) electrons. The average Bonchev–Trinajstić information content (AvgIpc) is 2.82. The minimum Gasteiger partial charge on any atom is -0.488 e. The molecular weight excluding hydrogens is 443 g/mol. The Morgan fingerprint density at radius 1 is 0.912 bits per heavy atom.